The minimum absolute atomic E-state index is 0.0144. The predicted octanol–water partition coefficient (Wildman–Crippen LogP) is 3.24. The molecule has 2 aromatic rings. The Hall–Kier alpha value is -1.91. The smallest absolute Gasteiger partial charge is 0.224 e. The van der Waals surface area contributed by atoms with E-state index in [1.807, 2.05) is 18.3 Å². The highest BCUT2D eigenvalue weighted by Gasteiger charge is 2.02. The minimum atomic E-state index is 0.0144. The molecule has 0 spiro atoms. The number of pyridine rings is 1. The summed E-state index contributed by atoms with van der Waals surface area (Å²) in [5, 5.41) is 6.79. The molecule has 5 heteroatoms. The van der Waals surface area contributed by atoms with E-state index < -0.39 is 0 Å². The highest BCUT2D eigenvalue weighted by Crippen LogP contribution is 2.13. The second-order valence-corrected chi connectivity index (χ2v) is 5.13. The summed E-state index contributed by atoms with van der Waals surface area (Å²) in [4.78, 5) is 15.8. The Morgan fingerprint density at radius 1 is 1.19 bits per heavy atom. The number of halogens is 1. The number of rotatable bonds is 7. The van der Waals surface area contributed by atoms with Crippen molar-refractivity contribution >= 4 is 23.2 Å². The zero-order valence-corrected chi connectivity index (χ0v) is 12.4. The molecule has 0 aliphatic heterocycles. The van der Waals surface area contributed by atoms with Crippen molar-refractivity contribution in [3.8, 4) is 0 Å². The van der Waals surface area contributed by atoms with Gasteiger partial charge in [0, 0.05) is 36.1 Å². The number of nitrogens with zero attached hydrogens (tertiary/aromatic N) is 1. The second kappa shape index (κ2) is 8.39. The first-order valence-corrected chi connectivity index (χ1v) is 7.27. The van der Waals surface area contributed by atoms with Crippen molar-refractivity contribution in [2.75, 3.05) is 11.9 Å². The van der Waals surface area contributed by atoms with Crippen LogP contribution in [0.3, 0.4) is 0 Å². The SMILES string of the molecule is O=C(CCCNCc1cccnc1)Nc1ccc(Cl)cc1. The lowest BCUT2D eigenvalue weighted by Crippen LogP contribution is -2.18. The van der Waals surface area contributed by atoms with Crippen molar-refractivity contribution in [2.45, 2.75) is 19.4 Å². The standard InChI is InChI=1S/C16H18ClN3O/c17-14-5-7-15(8-6-14)20-16(21)4-2-10-19-12-13-3-1-9-18-11-13/h1,3,5-9,11,19H,2,4,10,12H2,(H,20,21). The molecule has 0 atom stereocenters. The molecule has 1 aromatic carbocycles. The topological polar surface area (TPSA) is 54.0 Å². The average molecular weight is 304 g/mol. The number of amides is 1. The maximum absolute atomic E-state index is 11.7. The van der Waals surface area contributed by atoms with Gasteiger partial charge in [-0.15, -0.1) is 0 Å². The van der Waals surface area contributed by atoms with Gasteiger partial charge in [0.1, 0.15) is 0 Å². The summed E-state index contributed by atoms with van der Waals surface area (Å²) < 4.78 is 0. The van der Waals surface area contributed by atoms with Crippen LogP contribution in [0.25, 0.3) is 0 Å². The number of hydrogen-bond acceptors (Lipinski definition) is 3. The van der Waals surface area contributed by atoms with Crippen molar-refractivity contribution in [2.24, 2.45) is 0 Å². The molecule has 2 N–H and O–H groups in total. The fraction of sp³-hybridized carbons (Fsp3) is 0.250. The van der Waals surface area contributed by atoms with Crippen LogP contribution in [0.15, 0.2) is 48.8 Å². The van der Waals surface area contributed by atoms with E-state index in [4.69, 9.17) is 11.6 Å². The minimum Gasteiger partial charge on any atom is -0.326 e. The molecule has 0 saturated carbocycles. The third-order valence-electron chi connectivity index (χ3n) is 2.94. The summed E-state index contributed by atoms with van der Waals surface area (Å²) in [7, 11) is 0. The van der Waals surface area contributed by atoms with Crippen LogP contribution < -0.4 is 10.6 Å². The summed E-state index contributed by atoms with van der Waals surface area (Å²) in [6.07, 6.45) is 4.87. The lowest BCUT2D eigenvalue weighted by atomic mass is 10.2. The molecule has 4 nitrogen and oxygen atoms in total. The number of aromatic nitrogens is 1. The Balaban J connectivity index is 1.60. The molecule has 110 valence electrons. The molecule has 0 fully saturated rings. The number of hydrogen-bond donors (Lipinski definition) is 2. The van der Waals surface area contributed by atoms with E-state index in [2.05, 4.69) is 15.6 Å². The van der Waals surface area contributed by atoms with Crippen LogP contribution in [-0.2, 0) is 11.3 Å². The second-order valence-electron chi connectivity index (χ2n) is 4.70. The molecular formula is C16H18ClN3O. The van der Waals surface area contributed by atoms with Crippen LogP contribution in [0.4, 0.5) is 5.69 Å². The first kappa shape index (κ1) is 15.5. The zero-order chi connectivity index (χ0) is 14.9. The van der Waals surface area contributed by atoms with Crippen LogP contribution in [0.2, 0.25) is 5.02 Å². The third kappa shape index (κ3) is 5.94. The van der Waals surface area contributed by atoms with E-state index in [1.165, 1.54) is 0 Å². The summed E-state index contributed by atoms with van der Waals surface area (Å²) >= 11 is 5.79. The fourth-order valence-corrected chi connectivity index (χ4v) is 1.99. The maximum atomic E-state index is 11.7. The first-order chi connectivity index (χ1) is 10.2. The van der Waals surface area contributed by atoms with Gasteiger partial charge in [0.05, 0.1) is 0 Å². The van der Waals surface area contributed by atoms with Gasteiger partial charge in [0.25, 0.3) is 0 Å². The molecule has 2 rings (SSSR count). The van der Waals surface area contributed by atoms with Gasteiger partial charge in [-0.1, -0.05) is 17.7 Å². The Kier molecular flexibility index (Phi) is 6.19. The lowest BCUT2D eigenvalue weighted by Gasteiger charge is -2.06. The highest BCUT2D eigenvalue weighted by atomic mass is 35.5. The zero-order valence-electron chi connectivity index (χ0n) is 11.7. The van der Waals surface area contributed by atoms with Gasteiger partial charge in [-0.25, -0.2) is 0 Å². The Morgan fingerprint density at radius 2 is 2.00 bits per heavy atom. The van der Waals surface area contributed by atoms with Gasteiger partial charge in [0.2, 0.25) is 5.91 Å². The van der Waals surface area contributed by atoms with Crippen molar-refractivity contribution in [1.29, 1.82) is 0 Å². The molecule has 0 radical (unpaired) electrons. The van der Waals surface area contributed by atoms with Gasteiger partial charge < -0.3 is 10.6 Å². The molecule has 1 aromatic heterocycles. The number of carbonyl (C=O) groups is 1. The summed E-state index contributed by atoms with van der Waals surface area (Å²) in [6.45, 7) is 1.57. The van der Waals surface area contributed by atoms with Crippen LogP contribution in [-0.4, -0.2) is 17.4 Å². The molecule has 21 heavy (non-hydrogen) atoms. The summed E-state index contributed by atoms with van der Waals surface area (Å²) in [6, 6.07) is 11.0. The Morgan fingerprint density at radius 3 is 2.71 bits per heavy atom. The van der Waals surface area contributed by atoms with Crippen LogP contribution in [0.5, 0.6) is 0 Å². The Bertz CT molecular complexity index is 557. The highest BCUT2D eigenvalue weighted by molar-refractivity contribution is 6.30. The summed E-state index contributed by atoms with van der Waals surface area (Å²) in [5.41, 5.74) is 1.91. The van der Waals surface area contributed by atoms with E-state index in [0.717, 1.165) is 30.8 Å². The molecule has 0 bridgehead atoms. The van der Waals surface area contributed by atoms with Crippen LogP contribution in [0.1, 0.15) is 18.4 Å². The van der Waals surface area contributed by atoms with Crippen molar-refractivity contribution < 1.29 is 4.79 Å². The van der Waals surface area contributed by atoms with Crippen LogP contribution in [0, 0.1) is 0 Å². The van der Waals surface area contributed by atoms with Gasteiger partial charge in [-0.2, -0.15) is 0 Å². The fourth-order valence-electron chi connectivity index (χ4n) is 1.87. The lowest BCUT2D eigenvalue weighted by molar-refractivity contribution is -0.116. The van der Waals surface area contributed by atoms with Crippen molar-refractivity contribution in [3.05, 3.63) is 59.4 Å². The van der Waals surface area contributed by atoms with E-state index in [1.54, 1.807) is 30.5 Å². The van der Waals surface area contributed by atoms with Gasteiger partial charge >= 0.3 is 0 Å². The van der Waals surface area contributed by atoms with E-state index in [9.17, 15) is 4.79 Å². The molecule has 0 aliphatic carbocycles. The third-order valence-corrected chi connectivity index (χ3v) is 3.19. The maximum Gasteiger partial charge on any atom is 0.224 e. The van der Waals surface area contributed by atoms with Crippen LogP contribution >= 0.6 is 11.6 Å². The molecule has 0 saturated heterocycles. The molecule has 0 aliphatic rings. The molecular weight excluding hydrogens is 286 g/mol. The number of carbonyl (C=O) groups excluding carboxylic acids is 1. The normalized spacial score (nSPS) is 10.3. The Labute approximate surface area is 129 Å². The van der Waals surface area contributed by atoms with Gasteiger partial charge in [-0.3, -0.25) is 9.78 Å². The van der Waals surface area contributed by atoms with Gasteiger partial charge in [0.15, 0.2) is 0 Å². The molecule has 1 amide bonds. The molecule has 0 unspecified atom stereocenters. The largest absolute Gasteiger partial charge is 0.326 e. The van der Waals surface area contributed by atoms with Gasteiger partial charge in [-0.05, 0) is 48.9 Å². The monoisotopic (exact) mass is 303 g/mol. The number of nitrogens with one attached hydrogen (secondary N) is 2. The number of anilines is 1. The molecule has 1 heterocycles. The van der Waals surface area contributed by atoms with E-state index >= 15 is 0 Å². The van der Waals surface area contributed by atoms with E-state index in [-0.39, 0.29) is 5.91 Å². The first-order valence-electron chi connectivity index (χ1n) is 6.89. The number of benzene rings is 1. The van der Waals surface area contributed by atoms with Crippen molar-refractivity contribution in [3.63, 3.8) is 0 Å². The van der Waals surface area contributed by atoms with E-state index in [0.29, 0.717) is 11.4 Å². The summed E-state index contributed by atoms with van der Waals surface area (Å²) in [5.74, 6) is 0.0144. The van der Waals surface area contributed by atoms with Crippen molar-refractivity contribution in [1.82, 2.24) is 10.3 Å². The average Bonchev–Trinajstić information content (AvgIpc) is 2.50. The predicted molar refractivity (Wildman–Crippen MR) is 85.3 cm³/mol. The quantitative estimate of drug-likeness (QED) is 0.772.